The van der Waals surface area contributed by atoms with Gasteiger partial charge < -0.3 is 5.32 Å². The first-order valence-electron chi connectivity index (χ1n) is 12.7. The van der Waals surface area contributed by atoms with Crippen LogP contribution in [0.5, 0.6) is 0 Å². The molecule has 0 bridgehead atoms. The lowest BCUT2D eigenvalue weighted by atomic mass is 9.87. The average molecular weight is 534 g/mol. The van der Waals surface area contributed by atoms with Crippen LogP contribution in [0.1, 0.15) is 58.3 Å². The van der Waals surface area contributed by atoms with Crippen molar-refractivity contribution >= 4 is 31.6 Å². The Kier molecular flexibility index (Phi) is 8.49. The molecule has 1 amide bonds. The van der Waals surface area contributed by atoms with Crippen molar-refractivity contribution in [2.45, 2.75) is 80.2 Å². The molecule has 0 heterocycles. The molecule has 0 aromatic heterocycles. The Balaban J connectivity index is 1.52. The highest BCUT2D eigenvalue weighted by molar-refractivity contribution is 7.89. The summed E-state index contributed by atoms with van der Waals surface area (Å²) in [6.45, 7) is 1.75. The molecule has 36 heavy (non-hydrogen) atoms. The molecule has 2 saturated carbocycles. The van der Waals surface area contributed by atoms with E-state index >= 15 is 0 Å². The molecular formula is C26H35N3O5S2. The summed E-state index contributed by atoms with van der Waals surface area (Å²) in [6, 6.07) is 13.8. The summed E-state index contributed by atoms with van der Waals surface area (Å²) in [5.41, 5.74) is 0.598. The Hall–Kier alpha value is -2.27. The smallest absolute Gasteiger partial charge is 0.243 e. The zero-order valence-corrected chi connectivity index (χ0v) is 22.2. The fourth-order valence-electron chi connectivity index (χ4n) is 5.15. The van der Waals surface area contributed by atoms with Crippen molar-refractivity contribution < 1.29 is 21.6 Å². The number of amides is 1. The van der Waals surface area contributed by atoms with Gasteiger partial charge in [-0.05, 0) is 68.0 Å². The minimum absolute atomic E-state index is 0.0214. The van der Waals surface area contributed by atoms with E-state index in [0.717, 1.165) is 38.5 Å². The first kappa shape index (κ1) is 26.8. The topological polar surface area (TPSA) is 113 Å². The quantitative estimate of drug-likeness (QED) is 0.504. The lowest BCUT2D eigenvalue weighted by molar-refractivity contribution is -0.116. The number of nitrogens with one attached hydrogen (secondary N) is 2. The SMILES string of the molecule is C[C@@H]1CCCC[C@@H]1NS(=O)(=O)c1ccc(S(=O)(=O)N(CC(=O)Nc2ccccc2)C2CCCC2)cc1. The van der Waals surface area contributed by atoms with Crippen LogP contribution in [0, 0.1) is 5.92 Å². The van der Waals surface area contributed by atoms with Crippen LogP contribution in [0.2, 0.25) is 0 Å². The maximum Gasteiger partial charge on any atom is 0.243 e. The van der Waals surface area contributed by atoms with Crippen LogP contribution in [0.4, 0.5) is 5.69 Å². The number of carbonyl (C=O) groups is 1. The highest BCUT2D eigenvalue weighted by Crippen LogP contribution is 2.30. The molecule has 0 spiro atoms. The van der Waals surface area contributed by atoms with Crippen LogP contribution in [0.3, 0.4) is 0 Å². The number of benzene rings is 2. The first-order chi connectivity index (χ1) is 17.2. The highest BCUT2D eigenvalue weighted by atomic mass is 32.2. The summed E-state index contributed by atoms with van der Waals surface area (Å²) >= 11 is 0. The molecular weight excluding hydrogens is 498 g/mol. The second kappa shape index (κ2) is 11.4. The Labute approximate surface area is 214 Å². The van der Waals surface area contributed by atoms with E-state index < -0.39 is 26.0 Å². The molecule has 4 rings (SSSR count). The molecule has 2 aromatic carbocycles. The number of rotatable bonds is 9. The van der Waals surface area contributed by atoms with Crippen molar-refractivity contribution in [3.05, 3.63) is 54.6 Å². The van der Waals surface area contributed by atoms with E-state index in [0.29, 0.717) is 18.5 Å². The van der Waals surface area contributed by atoms with Crippen molar-refractivity contribution in [1.29, 1.82) is 0 Å². The van der Waals surface area contributed by atoms with Crippen molar-refractivity contribution in [3.8, 4) is 0 Å². The number of sulfonamides is 2. The van der Waals surface area contributed by atoms with Gasteiger partial charge in [0.05, 0.1) is 16.3 Å². The normalized spacial score (nSPS) is 21.5. The molecule has 8 nitrogen and oxygen atoms in total. The summed E-state index contributed by atoms with van der Waals surface area (Å²) in [5.74, 6) is -0.156. The molecule has 2 aliphatic rings. The van der Waals surface area contributed by atoms with Gasteiger partial charge in [0, 0.05) is 17.8 Å². The molecule has 2 atom stereocenters. The molecule has 2 fully saturated rings. The van der Waals surface area contributed by atoms with Crippen LogP contribution in [-0.4, -0.2) is 45.7 Å². The lowest BCUT2D eigenvalue weighted by Crippen LogP contribution is -2.43. The number of hydrogen-bond donors (Lipinski definition) is 2. The summed E-state index contributed by atoms with van der Waals surface area (Å²) < 4.78 is 57.2. The van der Waals surface area contributed by atoms with Crippen molar-refractivity contribution in [2.75, 3.05) is 11.9 Å². The van der Waals surface area contributed by atoms with Crippen LogP contribution >= 0.6 is 0 Å². The molecule has 2 aromatic rings. The lowest BCUT2D eigenvalue weighted by Gasteiger charge is -2.29. The Morgan fingerprint density at radius 1 is 0.833 bits per heavy atom. The number of anilines is 1. The maximum absolute atomic E-state index is 13.6. The third kappa shape index (κ3) is 6.34. The summed E-state index contributed by atoms with van der Waals surface area (Å²) in [6.07, 6.45) is 7.06. The van der Waals surface area contributed by atoms with Gasteiger partial charge in [-0.1, -0.05) is 50.8 Å². The Morgan fingerprint density at radius 2 is 1.42 bits per heavy atom. The fraction of sp³-hybridized carbons (Fsp3) is 0.500. The van der Waals surface area contributed by atoms with Gasteiger partial charge in [-0.3, -0.25) is 4.79 Å². The molecule has 2 aliphatic carbocycles. The molecule has 2 N–H and O–H groups in total. The van der Waals surface area contributed by atoms with Crippen LogP contribution in [0.25, 0.3) is 0 Å². The van der Waals surface area contributed by atoms with E-state index in [4.69, 9.17) is 0 Å². The van der Waals surface area contributed by atoms with E-state index in [1.165, 1.54) is 28.6 Å². The summed E-state index contributed by atoms with van der Waals surface area (Å²) in [7, 11) is -7.78. The third-order valence-corrected chi connectivity index (χ3v) is 10.7. The van der Waals surface area contributed by atoms with Crippen LogP contribution in [0.15, 0.2) is 64.4 Å². The second-order valence-electron chi connectivity index (χ2n) is 9.86. The van der Waals surface area contributed by atoms with Crippen LogP contribution in [-0.2, 0) is 24.8 Å². The number of hydrogen-bond acceptors (Lipinski definition) is 5. The molecule has 10 heteroatoms. The van der Waals surface area contributed by atoms with Gasteiger partial charge in [0.2, 0.25) is 26.0 Å². The zero-order chi connectivity index (χ0) is 25.8. The van der Waals surface area contributed by atoms with Gasteiger partial charge in [0.15, 0.2) is 0 Å². The average Bonchev–Trinajstić information content (AvgIpc) is 3.39. The van der Waals surface area contributed by atoms with Gasteiger partial charge in [-0.25, -0.2) is 21.6 Å². The summed E-state index contributed by atoms with van der Waals surface area (Å²) in [5, 5.41) is 2.76. The molecule has 0 unspecified atom stereocenters. The summed E-state index contributed by atoms with van der Waals surface area (Å²) in [4.78, 5) is 12.8. The van der Waals surface area contributed by atoms with Crippen molar-refractivity contribution in [1.82, 2.24) is 9.03 Å². The minimum Gasteiger partial charge on any atom is -0.325 e. The number of carbonyl (C=O) groups excluding carboxylic acids is 1. The predicted molar refractivity (Wildman–Crippen MR) is 139 cm³/mol. The van der Waals surface area contributed by atoms with E-state index in [2.05, 4.69) is 10.0 Å². The van der Waals surface area contributed by atoms with E-state index in [-0.39, 0.29) is 34.3 Å². The molecule has 0 radical (unpaired) electrons. The minimum atomic E-state index is -4.01. The van der Waals surface area contributed by atoms with Crippen molar-refractivity contribution in [3.63, 3.8) is 0 Å². The van der Waals surface area contributed by atoms with Gasteiger partial charge >= 0.3 is 0 Å². The van der Waals surface area contributed by atoms with Gasteiger partial charge in [-0.15, -0.1) is 0 Å². The Bertz CT molecular complexity index is 1240. The molecule has 0 saturated heterocycles. The number of nitrogens with zero attached hydrogens (tertiary/aromatic N) is 1. The zero-order valence-electron chi connectivity index (χ0n) is 20.6. The van der Waals surface area contributed by atoms with Crippen molar-refractivity contribution in [2.24, 2.45) is 5.92 Å². The van der Waals surface area contributed by atoms with E-state index in [1.807, 2.05) is 13.0 Å². The molecule has 0 aliphatic heterocycles. The van der Waals surface area contributed by atoms with Gasteiger partial charge in [0.25, 0.3) is 0 Å². The van der Waals surface area contributed by atoms with Gasteiger partial charge in [0.1, 0.15) is 0 Å². The largest absolute Gasteiger partial charge is 0.325 e. The predicted octanol–water partition coefficient (Wildman–Crippen LogP) is 4.12. The first-order valence-corrected chi connectivity index (χ1v) is 15.6. The maximum atomic E-state index is 13.6. The fourth-order valence-corrected chi connectivity index (χ4v) is 8.17. The van der Waals surface area contributed by atoms with Crippen LogP contribution < -0.4 is 10.0 Å². The van der Waals surface area contributed by atoms with Gasteiger partial charge in [-0.2, -0.15) is 4.31 Å². The third-order valence-electron chi connectivity index (χ3n) is 7.25. The standard InChI is InChI=1S/C26H35N3O5S2/c1-20-9-5-8-14-25(20)28-35(31,32)23-15-17-24(18-16-23)36(33,34)29(22-12-6-7-13-22)19-26(30)27-21-10-3-2-4-11-21/h2-4,10-11,15-18,20,22,25,28H,5-9,12-14,19H2,1H3,(H,27,30)/t20-,25+/m1/s1. The van der Waals surface area contributed by atoms with E-state index in [9.17, 15) is 21.6 Å². The molecule has 196 valence electrons. The second-order valence-corrected chi connectivity index (χ2v) is 13.5. The Morgan fingerprint density at radius 3 is 2.06 bits per heavy atom. The van der Waals surface area contributed by atoms with E-state index in [1.54, 1.807) is 24.3 Å². The monoisotopic (exact) mass is 533 g/mol. The highest BCUT2D eigenvalue weighted by Gasteiger charge is 2.35. The number of para-hydroxylation sites is 1.